The van der Waals surface area contributed by atoms with Crippen molar-refractivity contribution in [1.82, 2.24) is 4.98 Å². The van der Waals surface area contributed by atoms with Crippen LogP contribution in [0.4, 0.5) is 0 Å². The number of hydrogen-bond acceptors (Lipinski definition) is 4. The molecule has 0 radical (unpaired) electrons. The molecule has 3 nitrogen and oxygen atoms in total. The van der Waals surface area contributed by atoms with E-state index in [0.717, 1.165) is 29.7 Å². The van der Waals surface area contributed by atoms with Crippen LogP contribution in [0, 0.1) is 0 Å². The molecule has 1 heterocycles. The number of carbonyl (C=O) groups is 1. The summed E-state index contributed by atoms with van der Waals surface area (Å²) in [7, 11) is 0. The van der Waals surface area contributed by atoms with Crippen LogP contribution in [-0.2, 0) is 0 Å². The topological polar surface area (TPSA) is 39.2 Å². The van der Waals surface area contributed by atoms with Crippen LogP contribution in [0.2, 0.25) is 5.02 Å². The van der Waals surface area contributed by atoms with Crippen LogP contribution >= 0.6 is 23.4 Å². The van der Waals surface area contributed by atoms with Crippen molar-refractivity contribution < 1.29 is 9.53 Å². The third-order valence-corrected chi connectivity index (χ3v) is 4.43. The number of ether oxygens (including phenoxy) is 1. The van der Waals surface area contributed by atoms with Gasteiger partial charge in [-0.15, -0.1) is 0 Å². The average Bonchev–Trinajstić information content (AvgIpc) is 2.52. The lowest BCUT2D eigenvalue weighted by Gasteiger charge is -2.11. The first-order valence-electron chi connectivity index (χ1n) is 7.41. The second kappa shape index (κ2) is 8.39. The average molecular weight is 338 g/mol. The normalized spacial score (nSPS) is 10.9. The Morgan fingerprint density at radius 1 is 1.41 bits per heavy atom. The highest BCUT2D eigenvalue weighted by Gasteiger charge is 2.15. The quantitative estimate of drug-likeness (QED) is 0.501. The number of para-hydroxylation sites is 1. The predicted molar refractivity (Wildman–Crippen MR) is 94.5 cm³/mol. The molecule has 0 spiro atoms. The maximum Gasteiger partial charge on any atom is 0.165 e. The number of hydrogen-bond donors (Lipinski definition) is 0. The lowest BCUT2D eigenvalue weighted by Crippen LogP contribution is -2.03. The van der Waals surface area contributed by atoms with E-state index in [4.69, 9.17) is 16.3 Å². The second-order valence-electron chi connectivity index (χ2n) is 5.01. The zero-order valence-electron chi connectivity index (χ0n) is 12.9. The van der Waals surface area contributed by atoms with Gasteiger partial charge in [0.15, 0.2) is 5.78 Å². The third kappa shape index (κ3) is 3.93. The molecule has 0 aliphatic rings. The molecule has 0 amide bonds. The molecular formula is C17H20ClNO2S. The molecule has 2 rings (SSSR count). The Balaban J connectivity index is 2.30. The van der Waals surface area contributed by atoms with Gasteiger partial charge in [-0.25, -0.2) is 0 Å². The van der Waals surface area contributed by atoms with Gasteiger partial charge < -0.3 is 4.74 Å². The highest BCUT2D eigenvalue weighted by atomic mass is 35.5. The van der Waals surface area contributed by atoms with Gasteiger partial charge in [0.05, 0.1) is 17.2 Å². The molecule has 22 heavy (non-hydrogen) atoms. The van der Waals surface area contributed by atoms with Crippen LogP contribution in [0.5, 0.6) is 5.75 Å². The molecule has 0 aliphatic heterocycles. The fourth-order valence-electron chi connectivity index (χ4n) is 2.22. The second-order valence-corrected chi connectivity index (χ2v) is 6.37. The molecule has 0 atom stereocenters. The highest BCUT2D eigenvalue weighted by molar-refractivity contribution is 7.98. The number of fused-ring (bicyclic) bond motifs is 1. The summed E-state index contributed by atoms with van der Waals surface area (Å²) in [6, 6.07) is 5.65. The van der Waals surface area contributed by atoms with E-state index in [-0.39, 0.29) is 5.78 Å². The third-order valence-electron chi connectivity index (χ3n) is 3.32. The van der Waals surface area contributed by atoms with Crippen LogP contribution in [0.15, 0.2) is 24.4 Å². The monoisotopic (exact) mass is 337 g/mol. The lowest BCUT2D eigenvalue weighted by molar-refractivity contribution is 0.0981. The van der Waals surface area contributed by atoms with Gasteiger partial charge in [-0.1, -0.05) is 30.7 Å². The number of pyridine rings is 1. The van der Waals surface area contributed by atoms with Crippen molar-refractivity contribution >= 4 is 40.0 Å². The van der Waals surface area contributed by atoms with Crippen LogP contribution in [0.3, 0.4) is 0 Å². The van der Waals surface area contributed by atoms with E-state index >= 15 is 0 Å². The Kier molecular flexibility index (Phi) is 6.52. The van der Waals surface area contributed by atoms with E-state index in [1.165, 1.54) is 0 Å². The van der Waals surface area contributed by atoms with Gasteiger partial charge in [0, 0.05) is 18.0 Å². The van der Waals surface area contributed by atoms with Crippen molar-refractivity contribution in [3.63, 3.8) is 0 Å². The van der Waals surface area contributed by atoms with Crippen molar-refractivity contribution in [2.45, 2.75) is 26.2 Å². The maximum atomic E-state index is 12.1. The number of aromatic nitrogens is 1. The first-order chi connectivity index (χ1) is 10.7. The highest BCUT2D eigenvalue weighted by Crippen LogP contribution is 2.32. The Hall–Kier alpha value is -1.26. The summed E-state index contributed by atoms with van der Waals surface area (Å²) in [6.45, 7) is 2.62. The fraction of sp³-hybridized carbons (Fsp3) is 0.412. The molecule has 0 bridgehead atoms. The summed E-state index contributed by atoms with van der Waals surface area (Å²) in [4.78, 5) is 16.5. The first kappa shape index (κ1) is 17.1. The summed E-state index contributed by atoms with van der Waals surface area (Å²) in [5.74, 6) is 1.82. The molecule has 1 aromatic carbocycles. The van der Waals surface area contributed by atoms with Crippen molar-refractivity contribution in [2.75, 3.05) is 18.6 Å². The van der Waals surface area contributed by atoms with Gasteiger partial charge in [0.2, 0.25) is 0 Å². The Morgan fingerprint density at radius 3 is 2.95 bits per heavy atom. The van der Waals surface area contributed by atoms with Gasteiger partial charge in [0.1, 0.15) is 11.3 Å². The van der Waals surface area contributed by atoms with Crippen LogP contribution in [0.25, 0.3) is 10.9 Å². The summed E-state index contributed by atoms with van der Waals surface area (Å²) < 4.78 is 5.80. The van der Waals surface area contributed by atoms with E-state index in [2.05, 4.69) is 11.2 Å². The summed E-state index contributed by atoms with van der Waals surface area (Å²) in [6.07, 6.45) is 5.91. The summed E-state index contributed by atoms with van der Waals surface area (Å²) in [5, 5.41) is 1.24. The standard InChI is InChI=1S/C17H20ClNO2S/c1-3-6-14(20)13-11-19-17-12(16(13)18)7-4-8-15(17)21-9-5-10-22-2/h4,7-8,11H,3,5-6,9-10H2,1-2H3. The predicted octanol–water partition coefficient (Wildman–Crippen LogP) is 5.00. The maximum absolute atomic E-state index is 12.1. The van der Waals surface area contributed by atoms with Crippen LogP contribution in [-0.4, -0.2) is 29.4 Å². The van der Waals surface area contributed by atoms with Gasteiger partial charge in [-0.05, 0) is 30.9 Å². The van der Waals surface area contributed by atoms with Crippen molar-refractivity contribution in [3.05, 3.63) is 35.0 Å². The number of halogens is 1. The smallest absolute Gasteiger partial charge is 0.165 e. The molecule has 118 valence electrons. The molecule has 0 fully saturated rings. The fourth-order valence-corrected chi connectivity index (χ4v) is 2.93. The molecular weight excluding hydrogens is 318 g/mol. The van der Waals surface area contributed by atoms with Gasteiger partial charge in [0.25, 0.3) is 0 Å². The molecule has 0 N–H and O–H groups in total. The van der Waals surface area contributed by atoms with Gasteiger partial charge in [-0.3, -0.25) is 9.78 Å². The van der Waals surface area contributed by atoms with Crippen molar-refractivity contribution in [3.8, 4) is 5.75 Å². The Bertz CT molecular complexity index is 660. The minimum Gasteiger partial charge on any atom is -0.491 e. The van der Waals surface area contributed by atoms with E-state index in [1.807, 2.05) is 25.1 Å². The Morgan fingerprint density at radius 2 is 2.23 bits per heavy atom. The molecule has 0 saturated heterocycles. The number of thioether (sulfide) groups is 1. The number of rotatable bonds is 8. The number of benzene rings is 1. The van der Waals surface area contributed by atoms with E-state index in [1.54, 1.807) is 18.0 Å². The Labute approximate surface area is 140 Å². The number of ketones is 1. The van der Waals surface area contributed by atoms with Crippen molar-refractivity contribution in [2.24, 2.45) is 0 Å². The number of carbonyl (C=O) groups excluding carboxylic acids is 1. The van der Waals surface area contributed by atoms with E-state index in [0.29, 0.717) is 29.1 Å². The minimum absolute atomic E-state index is 0.0354. The molecule has 1 aromatic heterocycles. The molecule has 0 aliphatic carbocycles. The largest absolute Gasteiger partial charge is 0.491 e. The van der Waals surface area contributed by atoms with E-state index in [9.17, 15) is 4.79 Å². The van der Waals surface area contributed by atoms with Gasteiger partial charge >= 0.3 is 0 Å². The van der Waals surface area contributed by atoms with Crippen LogP contribution < -0.4 is 4.74 Å². The molecule has 5 heteroatoms. The van der Waals surface area contributed by atoms with E-state index < -0.39 is 0 Å². The van der Waals surface area contributed by atoms with Crippen molar-refractivity contribution in [1.29, 1.82) is 0 Å². The first-order valence-corrected chi connectivity index (χ1v) is 9.18. The number of nitrogens with zero attached hydrogens (tertiary/aromatic N) is 1. The minimum atomic E-state index is 0.0354. The summed E-state index contributed by atoms with van der Waals surface area (Å²) in [5.41, 5.74) is 1.21. The summed E-state index contributed by atoms with van der Waals surface area (Å²) >= 11 is 8.21. The molecule has 0 unspecified atom stereocenters. The lowest BCUT2D eigenvalue weighted by atomic mass is 10.1. The zero-order chi connectivity index (χ0) is 15.9. The molecule has 2 aromatic rings. The molecule has 0 saturated carbocycles. The SMILES string of the molecule is CCCC(=O)c1cnc2c(OCCCSC)cccc2c1Cl. The zero-order valence-corrected chi connectivity index (χ0v) is 14.5. The number of Topliss-reactive ketones (excluding diaryl/α,β-unsaturated/α-hetero) is 1. The van der Waals surface area contributed by atoms with Crippen LogP contribution in [0.1, 0.15) is 36.5 Å². The van der Waals surface area contributed by atoms with Gasteiger partial charge in [-0.2, -0.15) is 11.8 Å².